The van der Waals surface area contributed by atoms with Crippen LogP contribution in [0.4, 0.5) is 0 Å². The number of phenols is 1. The first kappa shape index (κ1) is 19.6. The van der Waals surface area contributed by atoms with Gasteiger partial charge in [0.05, 0.1) is 17.6 Å². The summed E-state index contributed by atoms with van der Waals surface area (Å²) in [6, 6.07) is 18.8. The van der Waals surface area contributed by atoms with Crippen LogP contribution in [0.3, 0.4) is 0 Å². The molecule has 1 atom stereocenters. The topological polar surface area (TPSA) is 69.6 Å². The highest BCUT2D eigenvalue weighted by Crippen LogP contribution is 2.47. The summed E-state index contributed by atoms with van der Waals surface area (Å²) >= 11 is 3.41. The summed E-state index contributed by atoms with van der Waals surface area (Å²) in [5, 5.41) is 10.2. The Balaban J connectivity index is 1.99. The van der Waals surface area contributed by atoms with Crippen LogP contribution in [0.15, 0.2) is 71.2 Å². The van der Waals surface area contributed by atoms with Crippen LogP contribution in [-0.4, -0.2) is 22.0 Å². The SMILES string of the molecule is CCOc1ccc2c(C(=O)c3ccc(O)cc3)c(-c3ccc(Br)cc3)[s+]([O-])c2c1. The van der Waals surface area contributed by atoms with Gasteiger partial charge in [-0.2, -0.15) is 0 Å². The molecule has 0 saturated carbocycles. The van der Waals surface area contributed by atoms with Crippen LogP contribution in [-0.2, 0) is 0 Å². The van der Waals surface area contributed by atoms with E-state index in [0.717, 1.165) is 10.0 Å². The molecule has 0 bridgehead atoms. The third kappa shape index (κ3) is 3.67. The molecule has 1 heterocycles. The summed E-state index contributed by atoms with van der Waals surface area (Å²) in [5.41, 5.74) is 1.56. The Hall–Kier alpha value is -2.67. The van der Waals surface area contributed by atoms with Crippen molar-refractivity contribution in [2.24, 2.45) is 0 Å². The molecule has 0 aliphatic rings. The van der Waals surface area contributed by atoms with Crippen LogP contribution in [0.2, 0.25) is 0 Å². The maximum Gasteiger partial charge on any atom is 0.199 e. The first-order chi connectivity index (χ1) is 14.0. The Kier molecular flexibility index (Phi) is 5.41. The van der Waals surface area contributed by atoms with Gasteiger partial charge >= 0.3 is 0 Å². The lowest BCUT2D eigenvalue weighted by Crippen LogP contribution is -2.02. The van der Waals surface area contributed by atoms with Gasteiger partial charge in [0.15, 0.2) is 15.4 Å². The van der Waals surface area contributed by atoms with Gasteiger partial charge in [0.2, 0.25) is 0 Å². The van der Waals surface area contributed by atoms with Gasteiger partial charge in [-0.3, -0.25) is 4.79 Å². The maximum absolute atomic E-state index is 13.4. The molecule has 0 amide bonds. The molecule has 0 spiro atoms. The second-order valence-electron chi connectivity index (χ2n) is 6.45. The van der Waals surface area contributed by atoms with Crippen molar-refractivity contribution in [2.75, 3.05) is 6.61 Å². The van der Waals surface area contributed by atoms with Gasteiger partial charge in [0, 0.05) is 21.7 Å². The number of phenolic OH excluding ortho intramolecular Hbond substituents is 1. The molecule has 3 aromatic carbocycles. The highest BCUT2D eigenvalue weighted by Gasteiger charge is 2.29. The van der Waals surface area contributed by atoms with E-state index in [4.69, 9.17) is 4.74 Å². The Morgan fingerprint density at radius 3 is 2.41 bits per heavy atom. The zero-order valence-corrected chi connectivity index (χ0v) is 17.9. The number of hydrogen-bond acceptors (Lipinski definition) is 4. The predicted octanol–water partition coefficient (Wildman–Crippen LogP) is 6.33. The molecule has 1 aromatic heterocycles. The van der Waals surface area contributed by atoms with E-state index >= 15 is 0 Å². The Labute approximate surface area is 179 Å². The first-order valence-corrected chi connectivity index (χ1v) is 11.0. The minimum Gasteiger partial charge on any atom is -0.590 e. The number of carbonyl (C=O) groups excluding carboxylic acids is 1. The average Bonchev–Trinajstić information content (AvgIpc) is 3.01. The number of fused-ring (bicyclic) bond motifs is 1. The number of rotatable bonds is 5. The van der Waals surface area contributed by atoms with Gasteiger partial charge in [-0.15, -0.1) is 0 Å². The van der Waals surface area contributed by atoms with Crippen molar-refractivity contribution in [3.05, 3.63) is 82.3 Å². The maximum atomic E-state index is 13.4. The van der Waals surface area contributed by atoms with Crippen LogP contribution in [0.25, 0.3) is 20.5 Å². The Bertz CT molecular complexity index is 1190. The predicted molar refractivity (Wildman–Crippen MR) is 118 cm³/mol. The number of ether oxygens (including phenoxy) is 1. The number of aromatic hydroxyl groups is 1. The highest BCUT2D eigenvalue weighted by molar-refractivity contribution is 9.10. The van der Waals surface area contributed by atoms with Crippen molar-refractivity contribution < 1.29 is 19.2 Å². The van der Waals surface area contributed by atoms with E-state index < -0.39 is 10.8 Å². The monoisotopic (exact) mass is 468 g/mol. The van der Waals surface area contributed by atoms with Crippen LogP contribution < -0.4 is 4.74 Å². The lowest BCUT2D eigenvalue weighted by atomic mass is 9.97. The van der Waals surface area contributed by atoms with Crippen molar-refractivity contribution >= 4 is 42.6 Å². The van der Waals surface area contributed by atoms with E-state index in [1.54, 1.807) is 30.3 Å². The molecule has 0 fully saturated rings. The van der Waals surface area contributed by atoms with Gasteiger partial charge in [-0.1, -0.05) is 15.9 Å². The van der Waals surface area contributed by atoms with Gasteiger partial charge in [0.1, 0.15) is 11.5 Å². The third-order valence-corrected chi connectivity index (χ3v) is 6.69. The summed E-state index contributed by atoms with van der Waals surface area (Å²) < 4.78 is 20.5. The zero-order chi connectivity index (χ0) is 20.5. The van der Waals surface area contributed by atoms with E-state index in [-0.39, 0.29) is 11.5 Å². The van der Waals surface area contributed by atoms with Gasteiger partial charge in [0.25, 0.3) is 0 Å². The van der Waals surface area contributed by atoms with Crippen molar-refractivity contribution in [1.82, 2.24) is 0 Å². The number of thiophene rings is 1. The van der Waals surface area contributed by atoms with E-state index in [1.807, 2.05) is 31.2 Å². The molecular formula is C23H17BrO4S. The largest absolute Gasteiger partial charge is 0.590 e. The summed E-state index contributed by atoms with van der Waals surface area (Å²) in [7, 11) is -1.52. The smallest absolute Gasteiger partial charge is 0.199 e. The summed E-state index contributed by atoms with van der Waals surface area (Å²) in [6.45, 7) is 2.38. The Morgan fingerprint density at radius 2 is 1.76 bits per heavy atom. The van der Waals surface area contributed by atoms with Gasteiger partial charge in [-0.25, -0.2) is 0 Å². The molecule has 6 heteroatoms. The standard InChI is InChI=1S/C23H17BrO4S/c1-2-28-18-11-12-19-20(13-18)29(27)23(15-3-7-16(24)8-4-15)21(19)22(26)14-5-9-17(25)10-6-14/h3-13,25H,2H2,1H3. The minimum absolute atomic E-state index is 0.0837. The number of ketones is 1. The average molecular weight is 469 g/mol. The van der Waals surface area contributed by atoms with E-state index in [0.29, 0.717) is 38.4 Å². The molecule has 4 aromatic rings. The number of benzene rings is 3. The van der Waals surface area contributed by atoms with Crippen molar-refractivity contribution in [3.63, 3.8) is 0 Å². The molecule has 4 rings (SSSR count). The van der Waals surface area contributed by atoms with Crippen LogP contribution in [0, 0.1) is 0 Å². The normalized spacial score (nSPS) is 11.6. The summed E-state index contributed by atoms with van der Waals surface area (Å²) in [6.07, 6.45) is 0. The number of hydrogen-bond donors (Lipinski definition) is 1. The lowest BCUT2D eigenvalue weighted by Gasteiger charge is -2.04. The van der Waals surface area contributed by atoms with Crippen LogP contribution in [0.1, 0.15) is 22.8 Å². The molecule has 0 radical (unpaired) electrons. The molecule has 0 saturated heterocycles. The Morgan fingerprint density at radius 1 is 1.07 bits per heavy atom. The molecule has 146 valence electrons. The van der Waals surface area contributed by atoms with E-state index in [2.05, 4.69) is 15.9 Å². The lowest BCUT2D eigenvalue weighted by molar-refractivity contribution is 0.104. The van der Waals surface area contributed by atoms with Crippen molar-refractivity contribution in [2.45, 2.75) is 6.92 Å². The van der Waals surface area contributed by atoms with Gasteiger partial charge < -0.3 is 14.4 Å². The summed E-state index contributed by atoms with van der Waals surface area (Å²) in [4.78, 5) is 13.9. The number of carbonyl (C=O) groups is 1. The highest BCUT2D eigenvalue weighted by atomic mass is 79.9. The third-order valence-electron chi connectivity index (χ3n) is 4.61. The second kappa shape index (κ2) is 7.99. The van der Waals surface area contributed by atoms with E-state index in [1.165, 1.54) is 12.1 Å². The zero-order valence-electron chi connectivity index (χ0n) is 15.5. The molecule has 1 N–H and O–H groups in total. The van der Waals surface area contributed by atoms with E-state index in [9.17, 15) is 14.5 Å². The van der Waals surface area contributed by atoms with Crippen molar-refractivity contribution in [3.8, 4) is 21.9 Å². The van der Waals surface area contributed by atoms with Crippen LogP contribution >= 0.6 is 26.7 Å². The van der Waals surface area contributed by atoms with Crippen LogP contribution in [0.5, 0.6) is 11.5 Å². The molecule has 4 nitrogen and oxygen atoms in total. The van der Waals surface area contributed by atoms with Gasteiger partial charge in [-0.05, 0) is 78.3 Å². The fraction of sp³-hybridized carbons (Fsp3) is 0.0870. The number of halogens is 1. The first-order valence-electron chi connectivity index (χ1n) is 9.02. The summed E-state index contributed by atoms with van der Waals surface area (Å²) in [5.74, 6) is 0.465. The molecule has 29 heavy (non-hydrogen) atoms. The molecule has 0 aliphatic carbocycles. The minimum atomic E-state index is -1.52. The molecular weight excluding hydrogens is 452 g/mol. The molecule has 1 unspecified atom stereocenters. The quantitative estimate of drug-likeness (QED) is 0.274. The second-order valence-corrected chi connectivity index (χ2v) is 8.75. The fourth-order valence-corrected chi connectivity index (χ4v) is 5.09. The fourth-order valence-electron chi connectivity index (χ4n) is 3.28. The molecule has 0 aliphatic heterocycles. The van der Waals surface area contributed by atoms with Crippen molar-refractivity contribution in [1.29, 1.82) is 0 Å².